The second-order valence-electron chi connectivity index (χ2n) is 6.44. The monoisotopic (exact) mass is 442 g/mol. The summed E-state index contributed by atoms with van der Waals surface area (Å²) in [6.07, 6.45) is 2.55. The first kappa shape index (κ1) is 23.6. The molecule has 1 amide bonds. The molecule has 0 unspecified atom stereocenters. The van der Waals surface area contributed by atoms with Crippen molar-refractivity contribution >= 4 is 40.0 Å². The topological polar surface area (TPSA) is 166 Å². The maximum Gasteiger partial charge on any atom is 0.262 e. The van der Waals surface area contributed by atoms with Crippen LogP contribution in [0.3, 0.4) is 0 Å². The molecule has 1 aromatic carbocycles. The summed E-state index contributed by atoms with van der Waals surface area (Å²) in [7, 11) is 0. The van der Waals surface area contributed by atoms with Crippen LogP contribution < -0.4 is 22.3 Å². The Morgan fingerprint density at radius 3 is 2.52 bits per heavy atom. The van der Waals surface area contributed by atoms with E-state index in [1.807, 2.05) is 6.92 Å². The summed E-state index contributed by atoms with van der Waals surface area (Å²) in [5, 5.41) is 12.0. The molecule has 0 aliphatic rings. The summed E-state index contributed by atoms with van der Waals surface area (Å²) in [5.41, 5.74) is 11.2. The molecule has 3 aromatic rings. The standard InChI is InChI=1S/C15H18ClN3O2.C5H5N5/c1-3-13-18-12-7-4-6-11(16)14(12)15(21)19(13)9-5-8-17-10(2)20;6-1-3-4(7)9-2-10-5(3)8/h4,6-7H,3,5,8-9H2,1-2H3,(H,17,20);2H,(H4,7,8,9,10). The van der Waals surface area contributed by atoms with Crippen LogP contribution in [0.2, 0.25) is 5.02 Å². The quantitative estimate of drug-likeness (QED) is 0.501. The number of nitrogens with zero attached hydrogens (tertiary/aromatic N) is 5. The van der Waals surface area contributed by atoms with Crippen LogP contribution in [-0.4, -0.2) is 32.0 Å². The van der Waals surface area contributed by atoms with Crippen LogP contribution in [0.5, 0.6) is 0 Å². The van der Waals surface area contributed by atoms with E-state index < -0.39 is 0 Å². The average Bonchev–Trinajstić information content (AvgIpc) is 2.72. The van der Waals surface area contributed by atoms with Gasteiger partial charge in [-0.2, -0.15) is 5.26 Å². The number of halogens is 1. The zero-order valence-electron chi connectivity index (χ0n) is 17.2. The summed E-state index contributed by atoms with van der Waals surface area (Å²) in [6.45, 7) is 4.48. The normalized spacial score (nSPS) is 10.1. The van der Waals surface area contributed by atoms with Crippen LogP contribution in [-0.2, 0) is 17.8 Å². The summed E-state index contributed by atoms with van der Waals surface area (Å²) < 4.78 is 1.65. The molecular formula is C20H23ClN8O2. The number of aryl methyl sites for hydroxylation is 1. The first-order chi connectivity index (χ1) is 14.8. The Morgan fingerprint density at radius 1 is 1.29 bits per heavy atom. The molecule has 0 atom stereocenters. The molecule has 11 heteroatoms. The Morgan fingerprint density at radius 2 is 1.97 bits per heavy atom. The van der Waals surface area contributed by atoms with Gasteiger partial charge >= 0.3 is 0 Å². The van der Waals surface area contributed by atoms with Gasteiger partial charge in [0.05, 0.1) is 15.9 Å². The van der Waals surface area contributed by atoms with Gasteiger partial charge in [-0.25, -0.2) is 15.0 Å². The van der Waals surface area contributed by atoms with Gasteiger partial charge in [0.1, 0.15) is 35.4 Å². The number of rotatable bonds is 5. The molecule has 0 aliphatic carbocycles. The Labute approximate surface area is 183 Å². The maximum absolute atomic E-state index is 12.6. The molecule has 162 valence electrons. The number of fused-ring (bicyclic) bond motifs is 1. The lowest BCUT2D eigenvalue weighted by atomic mass is 10.2. The lowest BCUT2D eigenvalue weighted by molar-refractivity contribution is -0.118. The van der Waals surface area contributed by atoms with Gasteiger partial charge in [0.2, 0.25) is 5.91 Å². The van der Waals surface area contributed by atoms with Crippen molar-refractivity contribution in [3.8, 4) is 6.07 Å². The molecule has 3 rings (SSSR count). The lowest BCUT2D eigenvalue weighted by Crippen LogP contribution is -2.28. The minimum atomic E-state index is -0.120. The minimum Gasteiger partial charge on any atom is -0.382 e. The number of aromatic nitrogens is 4. The number of carbonyl (C=O) groups is 1. The zero-order valence-corrected chi connectivity index (χ0v) is 18.0. The van der Waals surface area contributed by atoms with Crippen LogP contribution in [0.4, 0.5) is 11.6 Å². The highest BCUT2D eigenvalue weighted by Crippen LogP contribution is 2.19. The zero-order chi connectivity index (χ0) is 23.0. The van der Waals surface area contributed by atoms with Crippen LogP contribution >= 0.6 is 11.6 Å². The number of carbonyl (C=O) groups excluding carboxylic acids is 1. The van der Waals surface area contributed by atoms with Gasteiger partial charge in [-0.3, -0.25) is 14.2 Å². The molecule has 0 saturated heterocycles. The highest BCUT2D eigenvalue weighted by atomic mass is 35.5. The number of hydrogen-bond acceptors (Lipinski definition) is 8. The Hall–Kier alpha value is -3.71. The predicted octanol–water partition coefficient (Wildman–Crippen LogP) is 1.65. The van der Waals surface area contributed by atoms with Crippen LogP contribution in [0.25, 0.3) is 10.9 Å². The van der Waals surface area contributed by atoms with Gasteiger partial charge < -0.3 is 16.8 Å². The van der Waals surface area contributed by atoms with Gasteiger partial charge in [0.15, 0.2) is 0 Å². The fourth-order valence-corrected chi connectivity index (χ4v) is 3.05. The Bertz CT molecular complexity index is 1170. The van der Waals surface area contributed by atoms with Gasteiger partial charge in [-0.05, 0) is 18.6 Å². The largest absolute Gasteiger partial charge is 0.382 e. The Balaban J connectivity index is 0.000000285. The van der Waals surface area contributed by atoms with E-state index >= 15 is 0 Å². The SMILES string of the molecule is CCc1nc2cccc(Cl)c2c(=O)n1CCCNC(C)=O.N#Cc1c(N)ncnc1N. The molecule has 0 spiro atoms. The molecule has 0 aliphatic heterocycles. The van der Waals surface area contributed by atoms with Gasteiger partial charge in [0, 0.05) is 26.4 Å². The van der Waals surface area contributed by atoms with Crippen molar-refractivity contribution in [3.63, 3.8) is 0 Å². The van der Waals surface area contributed by atoms with E-state index in [4.69, 9.17) is 28.3 Å². The molecule has 5 N–H and O–H groups in total. The maximum atomic E-state index is 12.6. The molecule has 2 heterocycles. The Kier molecular flexibility index (Phi) is 8.28. The van der Waals surface area contributed by atoms with E-state index in [1.165, 1.54) is 13.3 Å². The van der Waals surface area contributed by atoms with Crippen LogP contribution in [0, 0.1) is 11.3 Å². The number of benzene rings is 1. The van der Waals surface area contributed by atoms with Gasteiger partial charge in [-0.15, -0.1) is 0 Å². The summed E-state index contributed by atoms with van der Waals surface area (Å²) in [4.78, 5) is 35.1. The minimum absolute atomic E-state index is 0.0715. The number of amides is 1. The van der Waals surface area contributed by atoms with E-state index in [9.17, 15) is 9.59 Å². The fourth-order valence-electron chi connectivity index (χ4n) is 2.80. The van der Waals surface area contributed by atoms with Crippen molar-refractivity contribution in [1.29, 1.82) is 5.26 Å². The summed E-state index contributed by atoms with van der Waals surface area (Å²) in [5.74, 6) is 0.903. The van der Waals surface area contributed by atoms with E-state index in [1.54, 1.807) is 28.8 Å². The highest BCUT2D eigenvalue weighted by Gasteiger charge is 2.12. The average molecular weight is 443 g/mol. The first-order valence-electron chi connectivity index (χ1n) is 9.48. The van der Waals surface area contributed by atoms with Crippen LogP contribution in [0.15, 0.2) is 29.3 Å². The third-order valence-corrected chi connectivity index (χ3v) is 4.59. The van der Waals surface area contributed by atoms with E-state index in [0.717, 1.165) is 5.82 Å². The number of nitrogen functional groups attached to an aromatic ring is 2. The second-order valence-corrected chi connectivity index (χ2v) is 6.85. The molecular weight excluding hydrogens is 420 g/mol. The number of nitrogens with two attached hydrogens (primary N) is 2. The number of nitrogens with one attached hydrogen (secondary N) is 1. The third kappa shape index (κ3) is 5.90. The van der Waals surface area contributed by atoms with Crippen LogP contribution in [0.1, 0.15) is 31.7 Å². The summed E-state index contributed by atoms with van der Waals surface area (Å²) >= 11 is 6.12. The number of hydrogen-bond donors (Lipinski definition) is 3. The molecule has 31 heavy (non-hydrogen) atoms. The van der Waals surface area contributed by atoms with E-state index in [2.05, 4.69) is 20.3 Å². The predicted molar refractivity (Wildman–Crippen MR) is 119 cm³/mol. The van der Waals surface area contributed by atoms with Crippen molar-refractivity contribution in [2.24, 2.45) is 0 Å². The number of nitriles is 1. The smallest absolute Gasteiger partial charge is 0.262 e. The lowest BCUT2D eigenvalue weighted by Gasteiger charge is -2.13. The van der Waals surface area contributed by atoms with Gasteiger partial charge in [-0.1, -0.05) is 24.6 Å². The molecule has 0 fully saturated rings. The molecule has 0 bridgehead atoms. The van der Waals surface area contributed by atoms with Crippen molar-refractivity contribution in [3.05, 3.63) is 51.3 Å². The molecule has 0 radical (unpaired) electrons. The summed E-state index contributed by atoms with van der Waals surface area (Å²) in [6, 6.07) is 7.07. The van der Waals surface area contributed by atoms with Crippen molar-refractivity contribution in [2.45, 2.75) is 33.2 Å². The van der Waals surface area contributed by atoms with Gasteiger partial charge in [0.25, 0.3) is 5.56 Å². The highest BCUT2D eigenvalue weighted by molar-refractivity contribution is 6.35. The second kappa shape index (κ2) is 10.9. The van der Waals surface area contributed by atoms with E-state index in [-0.39, 0.29) is 28.7 Å². The third-order valence-electron chi connectivity index (χ3n) is 4.28. The first-order valence-corrected chi connectivity index (χ1v) is 9.86. The molecule has 10 nitrogen and oxygen atoms in total. The fraction of sp³-hybridized carbons (Fsp3) is 0.300. The van der Waals surface area contributed by atoms with Crippen molar-refractivity contribution < 1.29 is 4.79 Å². The molecule has 0 saturated carbocycles. The number of anilines is 2. The molecule has 2 aromatic heterocycles. The van der Waals surface area contributed by atoms with Crippen molar-refractivity contribution in [1.82, 2.24) is 24.8 Å². The van der Waals surface area contributed by atoms with Crippen molar-refractivity contribution in [2.75, 3.05) is 18.0 Å². The van der Waals surface area contributed by atoms with E-state index in [0.29, 0.717) is 41.9 Å².